The summed E-state index contributed by atoms with van der Waals surface area (Å²) < 4.78 is 2.57. The predicted octanol–water partition coefficient (Wildman–Crippen LogP) is 18.6. The third-order valence-corrected chi connectivity index (χ3v) is 17.6. The average molecular weight is 963 g/mol. The molecule has 0 saturated heterocycles. The lowest BCUT2D eigenvalue weighted by Crippen LogP contribution is -2.33. The molecule has 76 heavy (non-hydrogen) atoms. The summed E-state index contributed by atoms with van der Waals surface area (Å²) in [6.07, 6.45) is 0. The fourth-order valence-corrected chi connectivity index (χ4v) is 14.8. The monoisotopic (exact) mass is 962 g/mol. The van der Waals surface area contributed by atoms with Crippen molar-refractivity contribution in [1.82, 2.24) is 4.57 Å². The summed E-state index contributed by atoms with van der Waals surface area (Å²) in [5, 5.41) is 2.47. The first-order chi connectivity index (χ1) is 37.7. The molecular weight excluding hydrogens is 917 g/mol. The van der Waals surface area contributed by atoms with Crippen LogP contribution in [-0.4, -0.2) is 4.57 Å². The van der Waals surface area contributed by atoms with Crippen LogP contribution < -0.4 is 4.90 Å². The number of para-hydroxylation sites is 3. The van der Waals surface area contributed by atoms with E-state index in [1.807, 2.05) is 0 Å². The zero-order valence-corrected chi connectivity index (χ0v) is 41.5. The fraction of sp³-hybridized carbons (Fsp3) is 0.0270. The standard InChI is InChI=1S/C74H46N2/c1-2-20-47(21-3-1)48-40-42-49(43-41-48)51-22-9-16-37-67(51)75(70-39-19-35-65-71(70)57-27-8-14-33-63(57)73(65)59-29-10-4-23-52(59)53-24-5-11-30-60(53)73)50-44-45-68-58(46-50)56-28-18-36-66-72(56)76(68)69-38-17-15-34-64(69)74(66)61-31-12-6-25-54(61)55-26-7-13-32-62(55)74/h1-46H. The van der Waals surface area contributed by atoms with Crippen LogP contribution in [0.1, 0.15) is 44.5 Å². The number of aromatic nitrogens is 1. The van der Waals surface area contributed by atoms with Gasteiger partial charge in [0, 0.05) is 27.6 Å². The van der Waals surface area contributed by atoms with E-state index in [0.29, 0.717) is 0 Å². The molecule has 2 heterocycles. The number of benzene rings is 12. The van der Waals surface area contributed by atoms with Gasteiger partial charge in [0.2, 0.25) is 0 Å². The summed E-state index contributed by atoms with van der Waals surface area (Å²) in [6, 6.07) is 105. The second-order valence-electron chi connectivity index (χ2n) is 21.0. The van der Waals surface area contributed by atoms with Crippen LogP contribution in [0, 0.1) is 0 Å². The van der Waals surface area contributed by atoms with Crippen molar-refractivity contribution in [2.75, 3.05) is 4.90 Å². The van der Waals surface area contributed by atoms with Gasteiger partial charge in [0.05, 0.1) is 38.9 Å². The summed E-state index contributed by atoms with van der Waals surface area (Å²) in [5.41, 5.74) is 29.2. The molecule has 4 aliphatic rings. The van der Waals surface area contributed by atoms with Crippen LogP contribution in [0.15, 0.2) is 279 Å². The Balaban J connectivity index is 0.950. The summed E-state index contributed by atoms with van der Waals surface area (Å²) in [5.74, 6) is 0. The summed E-state index contributed by atoms with van der Waals surface area (Å²) in [4.78, 5) is 2.58. The van der Waals surface area contributed by atoms with E-state index in [-0.39, 0.29) is 0 Å². The van der Waals surface area contributed by atoms with Gasteiger partial charge in [-0.05, 0) is 125 Å². The minimum Gasteiger partial charge on any atom is -0.309 e. The number of hydrogen-bond donors (Lipinski definition) is 0. The minimum atomic E-state index is -0.489. The topological polar surface area (TPSA) is 8.17 Å². The maximum absolute atomic E-state index is 2.58. The molecule has 0 radical (unpaired) electrons. The van der Waals surface area contributed by atoms with E-state index in [9.17, 15) is 0 Å². The van der Waals surface area contributed by atoms with E-state index in [1.54, 1.807) is 0 Å². The van der Waals surface area contributed by atoms with Gasteiger partial charge in [-0.25, -0.2) is 0 Å². The van der Waals surface area contributed by atoms with Crippen molar-refractivity contribution in [3.05, 3.63) is 324 Å². The van der Waals surface area contributed by atoms with Gasteiger partial charge in [-0.3, -0.25) is 0 Å². The Labute approximate surface area is 441 Å². The molecule has 0 saturated carbocycles. The number of nitrogens with zero attached hydrogens (tertiary/aromatic N) is 2. The van der Waals surface area contributed by atoms with Gasteiger partial charge >= 0.3 is 0 Å². The molecule has 2 nitrogen and oxygen atoms in total. The van der Waals surface area contributed by atoms with Crippen LogP contribution in [0.3, 0.4) is 0 Å². The van der Waals surface area contributed by atoms with Crippen molar-refractivity contribution >= 4 is 38.9 Å². The Morgan fingerprint density at radius 1 is 0.276 bits per heavy atom. The second kappa shape index (κ2) is 15.4. The predicted molar refractivity (Wildman–Crippen MR) is 313 cm³/mol. The number of fused-ring (bicyclic) bond motifs is 22. The molecular formula is C74H46N2. The molecule has 13 aromatic rings. The van der Waals surface area contributed by atoms with Crippen molar-refractivity contribution in [3.8, 4) is 61.3 Å². The molecule has 0 N–H and O–H groups in total. The third-order valence-electron chi connectivity index (χ3n) is 17.6. The smallest absolute Gasteiger partial charge is 0.0754 e. The molecule has 0 unspecified atom stereocenters. The van der Waals surface area contributed by atoms with Crippen molar-refractivity contribution in [2.24, 2.45) is 0 Å². The zero-order chi connectivity index (χ0) is 49.7. The zero-order valence-electron chi connectivity index (χ0n) is 41.5. The van der Waals surface area contributed by atoms with Gasteiger partial charge in [0.15, 0.2) is 0 Å². The number of anilines is 3. The molecule has 2 heteroatoms. The molecule has 3 aliphatic carbocycles. The molecule has 0 atom stereocenters. The molecule has 1 aliphatic heterocycles. The maximum atomic E-state index is 2.58. The van der Waals surface area contributed by atoms with E-state index in [2.05, 4.69) is 289 Å². The van der Waals surface area contributed by atoms with Gasteiger partial charge in [0.25, 0.3) is 0 Å². The van der Waals surface area contributed by atoms with Gasteiger partial charge in [0.1, 0.15) is 0 Å². The number of rotatable bonds is 5. The van der Waals surface area contributed by atoms with E-state index >= 15 is 0 Å². The van der Waals surface area contributed by atoms with Gasteiger partial charge in [-0.1, -0.05) is 243 Å². The lowest BCUT2D eigenvalue weighted by Gasteiger charge is -2.39. The Morgan fingerprint density at radius 3 is 1.37 bits per heavy atom. The van der Waals surface area contributed by atoms with Crippen LogP contribution >= 0.6 is 0 Å². The van der Waals surface area contributed by atoms with E-state index < -0.39 is 10.8 Å². The Morgan fingerprint density at radius 2 is 0.724 bits per heavy atom. The normalized spacial score (nSPS) is 14.0. The lowest BCUT2D eigenvalue weighted by atomic mass is 9.65. The quantitative estimate of drug-likeness (QED) is 0.167. The van der Waals surface area contributed by atoms with Crippen LogP contribution in [0.25, 0.3) is 83.1 Å². The summed E-state index contributed by atoms with van der Waals surface area (Å²) >= 11 is 0. The average Bonchev–Trinajstić information content (AvgIpc) is 4.24. The molecule has 12 aromatic carbocycles. The number of hydrogen-bond acceptors (Lipinski definition) is 1. The van der Waals surface area contributed by atoms with E-state index in [1.165, 1.54) is 117 Å². The summed E-state index contributed by atoms with van der Waals surface area (Å²) in [6.45, 7) is 0. The van der Waals surface area contributed by atoms with E-state index in [0.717, 1.165) is 28.2 Å². The molecule has 0 fully saturated rings. The highest BCUT2D eigenvalue weighted by molar-refractivity contribution is 6.14. The van der Waals surface area contributed by atoms with Crippen LogP contribution in [0.2, 0.25) is 0 Å². The van der Waals surface area contributed by atoms with E-state index in [4.69, 9.17) is 0 Å². The van der Waals surface area contributed by atoms with Crippen LogP contribution in [0.5, 0.6) is 0 Å². The van der Waals surface area contributed by atoms with Gasteiger partial charge in [-0.15, -0.1) is 0 Å². The minimum absolute atomic E-state index is 0.483. The van der Waals surface area contributed by atoms with Crippen molar-refractivity contribution in [1.29, 1.82) is 0 Å². The highest BCUT2D eigenvalue weighted by Gasteiger charge is 2.53. The lowest BCUT2D eigenvalue weighted by molar-refractivity contribution is 0.748. The molecule has 2 spiro atoms. The highest BCUT2D eigenvalue weighted by Crippen LogP contribution is 2.66. The first-order valence-corrected chi connectivity index (χ1v) is 26.6. The molecule has 352 valence electrons. The van der Waals surface area contributed by atoms with Crippen molar-refractivity contribution in [2.45, 2.75) is 10.8 Å². The second-order valence-corrected chi connectivity index (χ2v) is 21.0. The third kappa shape index (κ3) is 5.20. The SMILES string of the molecule is c1ccc(-c2ccc(-c3ccccc3N(c3ccc4c(c3)c3cccc5c3n4-c3ccccc3C53c4ccccc4-c4ccccc43)c3cccc4c3-c3ccccc3C43c4ccccc4-c4ccccc43)cc2)cc1. The van der Waals surface area contributed by atoms with Crippen molar-refractivity contribution in [3.63, 3.8) is 0 Å². The molecule has 1 aromatic heterocycles. The first-order valence-electron chi connectivity index (χ1n) is 26.6. The highest BCUT2D eigenvalue weighted by atomic mass is 15.2. The largest absolute Gasteiger partial charge is 0.309 e. The summed E-state index contributed by atoms with van der Waals surface area (Å²) in [7, 11) is 0. The Bertz CT molecular complexity index is 4500. The molecule has 0 bridgehead atoms. The van der Waals surface area contributed by atoms with Crippen LogP contribution in [0.4, 0.5) is 17.1 Å². The fourth-order valence-electron chi connectivity index (χ4n) is 14.8. The van der Waals surface area contributed by atoms with Crippen molar-refractivity contribution < 1.29 is 0 Å². The molecule has 17 rings (SSSR count). The maximum Gasteiger partial charge on any atom is 0.0754 e. The van der Waals surface area contributed by atoms with Gasteiger partial charge < -0.3 is 9.47 Å². The molecule has 0 amide bonds. The van der Waals surface area contributed by atoms with Crippen LogP contribution in [-0.2, 0) is 10.8 Å². The Kier molecular flexibility index (Phi) is 8.44. The van der Waals surface area contributed by atoms with Gasteiger partial charge in [-0.2, -0.15) is 0 Å². The Hall–Kier alpha value is -9.76. The first kappa shape index (κ1) is 41.7.